The molecule has 53 heavy (non-hydrogen) atoms. The fraction of sp³-hybridized carbons (Fsp3) is 0.500. The summed E-state index contributed by atoms with van der Waals surface area (Å²) in [7, 11) is 1.46. The third-order valence-electron chi connectivity index (χ3n) is 8.89. The maximum atomic E-state index is 14.2. The topological polar surface area (TPSA) is 207 Å². The van der Waals surface area contributed by atoms with Crippen molar-refractivity contribution in [2.45, 2.75) is 44.7 Å². The Bertz CT molecular complexity index is 1610. The quantitative estimate of drug-likeness (QED) is 0.238. The molecular formula is C36H48ClN7O9. The monoisotopic (exact) mass is 757 g/mol. The molecule has 0 spiro atoms. The summed E-state index contributed by atoms with van der Waals surface area (Å²) in [6.07, 6.45) is 1.07. The minimum absolute atomic E-state index is 0.0362. The van der Waals surface area contributed by atoms with Crippen molar-refractivity contribution >= 4 is 47.0 Å². The number of ether oxygens (including phenoxy) is 3. The van der Waals surface area contributed by atoms with E-state index in [1.54, 1.807) is 42.5 Å². The maximum absolute atomic E-state index is 14.2. The number of hydrogen-bond donors (Lipinski definition) is 3. The zero-order chi connectivity index (χ0) is 38.3. The molecule has 2 aromatic rings. The summed E-state index contributed by atoms with van der Waals surface area (Å²) in [6.45, 7) is -0.829. The molecule has 1 fully saturated rings. The first kappa shape index (κ1) is 40.8. The Balaban J connectivity index is 1.70. The zero-order valence-electron chi connectivity index (χ0n) is 29.9. The van der Waals surface area contributed by atoms with Crippen LogP contribution in [0.5, 0.6) is 11.5 Å². The second-order valence-corrected chi connectivity index (χ2v) is 13.2. The van der Waals surface area contributed by atoms with Crippen molar-refractivity contribution in [3.8, 4) is 11.5 Å². The van der Waals surface area contributed by atoms with Crippen LogP contribution in [-0.2, 0) is 46.5 Å². The number of rotatable bonds is 13. The third kappa shape index (κ3) is 12.6. The molecule has 0 bridgehead atoms. The first-order valence-corrected chi connectivity index (χ1v) is 17.9. The summed E-state index contributed by atoms with van der Waals surface area (Å²) in [5.74, 6) is -2.58. The van der Waals surface area contributed by atoms with E-state index < -0.39 is 54.6 Å². The molecule has 0 radical (unpaired) electrons. The molecule has 2 aliphatic heterocycles. The standard InChI is InChI=1S/C36H48ClN7O9/c1-51-17-16-43-21-33(47)41(14-3-2-13-38)22-35(49)44(19-26-6-10-29-30(18-26)53-24-52-29)23-34(48)42(15-12-25-4-7-27(37)8-5-25)20-31(45)40-28(36(39)50)9-11-32(43)46/h4-8,10,18,28H,2-3,9,11-17,19-24,38H2,1H3,(H2,39,50)(H,40,45). The summed E-state index contributed by atoms with van der Waals surface area (Å²) in [4.78, 5) is 86.6. The minimum Gasteiger partial charge on any atom is -0.454 e. The summed E-state index contributed by atoms with van der Waals surface area (Å²) in [5.41, 5.74) is 12.8. The van der Waals surface area contributed by atoms with Crippen molar-refractivity contribution in [2.75, 3.05) is 72.9 Å². The number of benzene rings is 2. The van der Waals surface area contributed by atoms with Gasteiger partial charge in [-0.15, -0.1) is 0 Å². The van der Waals surface area contributed by atoms with Crippen LogP contribution in [-0.4, -0.2) is 134 Å². The van der Waals surface area contributed by atoms with E-state index in [2.05, 4.69) is 5.32 Å². The molecule has 1 atom stereocenters. The average molecular weight is 758 g/mol. The van der Waals surface area contributed by atoms with E-state index in [-0.39, 0.29) is 65.5 Å². The molecule has 0 saturated carbocycles. The van der Waals surface area contributed by atoms with E-state index in [1.807, 2.05) is 0 Å². The normalized spacial score (nSPS) is 18.0. The van der Waals surface area contributed by atoms with Crippen LogP contribution in [0.3, 0.4) is 0 Å². The van der Waals surface area contributed by atoms with Crippen molar-refractivity contribution in [1.29, 1.82) is 0 Å². The van der Waals surface area contributed by atoms with Gasteiger partial charge in [-0.2, -0.15) is 0 Å². The number of nitrogens with one attached hydrogen (secondary N) is 1. The lowest BCUT2D eigenvalue weighted by atomic mass is 10.1. The lowest BCUT2D eigenvalue weighted by Gasteiger charge is -2.31. The Morgan fingerprint density at radius 3 is 2.11 bits per heavy atom. The summed E-state index contributed by atoms with van der Waals surface area (Å²) >= 11 is 6.06. The van der Waals surface area contributed by atoms with Gasteiger partial charge in [-0.25, -0.2) is 0 Å². The van der Waals surface area contributed by atoms with E-state index in [0.29, 0.717) is 47.9 Å². The van der Waals surface area contributed by atoms with Crippen LogP contribution in [0.15, 0.2) is 42.5 Å². The highest BCUT2D eigenvalue weighted by Crippen LogP contribution is 2.33. The summed E-state index contributed by atoms with van der Waals surface area (Å²) in [6, 6.07) is 11.0. The second kappa shape index (κ2) is 20.3. The predicted octanol–water partition coefficient (Wildman–Crippen LogP) is 0.275. The number of unbranched alkanes of at least 4 members (excludes halogenated alkanes) is 1. The Kier molecular flexibility index (Phi) is 15.7. The maximum Gasteiger partial charge on any atom is 0.242 e. The number of primary amides is 1. The third-order valence-corrected chi connectivity index (χ3v) is 9.14. The number of amides is 6. The van der Waals surface area contributed by atoms with Crippen molar-refractivity contribution in [1.82, 2.24) is 24.9 Å². The Hall–Kier alpha value is -4.93. The van der Waals surface area contributed by atoms with Crippen LogP contribution in [0.25, 0.3) is 0 Å². The molecule has 2 aromatic carbocycles. The van der Waals surface area contributed by atoms with Gasteiger partial charge in [0.2, 0.25) is 42.2 Å². The van der Waals surface area contributed by atoms with Crippen LogP contribution >= 0.6 is 11.6 Å². The van der Waals surface area contributed by atoms with Crippen molar-refractivity contribution < 1.29 is 43.0 Å². The van der Waals surface area contributed by atoms with Crippen LogP contribution in [0.2, 0.25) is 5.02 Å². The number of halogens is 1. The smallest absolute Gasteiger partial charge is 0.242 e. The molecule has 288 valence electrons. The van der Waals surface area contributed by atoms with Gasteiger partial charge in [0, 0.05) is 44.7 Å². The SMILES string of the molecule is COCCN1CC(=O)N(CCCCN)CC(=O)N(Cc2ccc3c(c2)OCO3)CC(=O)N(CCc2ccc(Cl)cc2)CC(=O)NC(C(N)=O)CCC1=O. The number of methoxy groups -OCH3 is 1. The van der Waals surface area contributed by atoms with Gasteiger partial charge in [0.1, 0.15) is 12.6 Å². The van der Waals surface area contributed by atoms with E-state index in [1.165, 1.54) is 26.7 Å². The highest BCUT2D eigenvalue weighted by molar-refractivity contribution is 6.30. The molecule has 4 rings (SSSR count). The predicted molar refractivity (Wildman–Crippen MR) is 193 cm³/mol. The molecule has 0 aliphatic carbocycles. The highest BCUT2D eigenvalue weighted by atomic mass is 35.5. The van der Waals surface area contributed by atoms with Gasteiger partial charge in [-0.1, -0.05) is 29.8 Å². The molecule has 2 heterocycles. The van der Waals surface area contributed by atoms with E-state index in [9.17, 15) is 28.8 Å². The number of carbonyl (C=O) groups excluding carboxylic acids is 6. The molecule has 2 aliphatic rings. The fourth-order valence-corrected chi connectivity index (χ4v) is 5.97. The molecule has 1 saturated heterocycles. The Labute approximate surface area is 313 Å². The summed E-state index contributed by atoms with van der Waals surface area (Å²) < 4.78 is 16.1. The van der Waals surface area contributed by atoms with Gasteiger partial charge in [0.05, 0.1) is 26.2 Å². The van der Waals surface area contributed by atoms with Gasteiger partial charge in [0.25, 0.3) is 0 Å². The van der Waals surface area contributed by atoms with E-state index >= 15 is 0 Å². The lowest BCUT2D eigenvalue weighted by molar-refractivity contribution is -0.147. The molecule has 5 N–H and O–H groups in total. The van der Waals surface area contributed by atoms with Gasteiger partial charge in [-0.3, -0.25) is 28.8 Å². The van der Waals surface area contributed by atoms with Crippen LogP contribution in [0, 0.1) is 0 Å². The van der Waals surface area contributed by atoms with Crippen LogP contribution in [0.1, 0.15) is 36.8 Å². The fourth-order valence-electron chi connectivity index (χ4n) is 5.85. The number of nitrogens with two attached hydrogens (primary N) is 2. The van der Waals surface area contributed by atoms with Gasteiger partial charge >= 0.3 is 0 Å². The van der Waals surface area contributed by atoms with Gasteiger partial charge in [0.15, 0.2) is 11.5 Å². The largest absolute Gasteiger partial charge is 0.454 e. The first-order chi connectivity index (χ1) is 25.5. The second-order valence-electron chi connectivity index (χ2n) is 12.8. The number of hydrogen-bond acceptors (Lipinski definition) is 10. The van der Waals surface area contributed by atoms with E-state index in [0.717, 1.165) is 5.56 Å². The molecule has 0 aromatic heterocycles. The molecular weight excluding hydrogens is 710 g/mol. The number of nitrogens with zero attached hydrogens (tertiary/aromatic N) is 4. The minimum atomic E-state index is -1.23. The molecule has 17 heteroatoms. The summed E-state index contributed by atoms with van der Waals surface area (Å²) in [5, 5.41) is 3.10. The number of carbonyl (C=O) groups is 6. The average Bonchev–Trinajstić information content (AvgIpc) is 3.60. The van der Waals surface area contributed by atoms with Crippen molar-refractivity contribution in [3.63, 3.8) is 0 Å². The molecule has 16 nitrogen and oxygen atoms in total. The van der Waals surface area contributed by atoms with Crippen molar-refractivity contribution in [2.24, 2.45) is 11.5 Å². The van der Waals surface area contributed by atoms with Gasteiger partial charge in [-0.05, 0) is 67.6 Å². The van der Waals surface area contributed by atoms with Gasteiger partial charge < -0.3 is 50.6 Å². The van der Waals surface area contributed by atoms with Crippen LogP contribution < -0.4 is 26.3 Å². The zero-order valence-corrected chi connectivity index (χ0v) is 30.7. The Morgan fingerprint density at radius 1 is 0.811 bits per heavy atom. The first-order valence-electron chi connectivity index (χ1n) is 17.5. The highest BCUT2D eigenvalue weighted by Gasteiger charge is 2.30. The Morgan fingerprint density at radius 2 is 1.43 bits per heavy atom. The molecule has 1 unspecified atom stereocenters. The number of fused-ring (bicyclic) bond motifs is 1. The lowest BCUT2D eigenvalue weighted by Crippen LogP contribution is -2.51. The molecule has 6 amide bonds. The van der Waals surface area contributed by atoms with Crippen molar-refractivity contribution in [3.05, 3.63) is 58.6 Å². The van der Waals surface area contributed by atoms with E-state index in [4.69, 9.17) is 37.3 Å². The van der Waals surface area contributed by atoms with Crippen LogP contribution in [0.4, 0.5) is 0 Å².